The van der Waals surface area contributed by atoms with Crippen molar-refractivity contribution in [3.8, 4) is 5.69 Å². The van der Waals surface area contributed by atoms with Crippen LogP contribution in [0.3, 0.4) is 0 Å². The lowest BCUT2D eigenvalue weighted by molar-refractivity contribution is 0.0998. The number of anilines is 1. The molecule has 1 aromatic heterocycles. The lowest BCUT2D eigenvalue weighted by Crippen LogP contribution is -2.13. The number of nitrogens with zero attached hydrogens (tertiary/aromatic N) is 1. The average molecular weight is 333 g/mol. The fraction of sp³-hybridized carbons (Fsp3) is 0.100. The van der Waals surface area contributed by atoms with E-state index in [9.17, 15) is 9.59 Å². The Morgan fingerprint density at radius 1 is 0.800 bits per heavy atom. The van der Waals surface area contributed by atoms with Crippen LogP contribution < -0.4 is 11.1 Å². The molecular weight excluding hydrogens is 314 g/mol. The molecule has 0 aliphatic carbocycles. The molecule has 0 spiro atoms. The highest BCUT2D eigenvalue weighted by Crippen LogP contribution is 2.18. The summed E-state index contributed by atoms with van der Waals surface area (Å²) < 4.78 is 2.13. The van der Waals surface area contributed by atoms with Gasteiger partial charge >= 0.3 is 0 Å². The van der Waals surface area contributed by atoms with E-state index >= 15 is 0 Å². The SMILES string of the molecule is Cc1ccc(C)n1-c1ccc(C(=O)Nc2ccc(C(N)=O)cc2)cc1. The molecule has 0 aliphatic heterocycles. The van der Waals surface area contributed by atoms with E-state index in [0.29, 0.717) is 16.8 Å². The third-order valence-corrected chi connectivity index (χ3v) is 4.09. The summed E-state index contributed by atoms with van der Waals surface area (Å²) in [4.78, 5) is 23.4. The van der Waals surface area contributed by atoms with Crippen molar-refractivity contribution in [2.24, 2.45) is 5.73 Å². The molecule has 126 valence electrons. The molecule has 0 atom stereocenters. The monoisotopic (exact) mass is 333 g/mol. The van der Waals surface area contributed by atoms with Gasteiger partial charge in [0.05, 0.1) is 0 Å². The third-order valence-electron chi connectivity index (χ3n) is 4.09. The lowest BCUT2D eigenvalue weighted by Gasteiger charge is -2.10. The van der Waals surface area contributed by atoms with Gasteiger partial charge in [0.25, 0.3) is 5.91 Å². The first-order valence-corrected chi connectivity index (χ1v) is 7.92. The molecule has 3 aromatic rings. The second-order valence-electron chi connectivity index (χ2n) is 5.89. The van der Waals surface area contributed by atoms with E-state index < -0.39 is 5.91 Å². The molecule has 0 unspecified atom stereocenters. The van der Waals surface area contributed by atoms with E-state index in [4.69, 9.17) is 5.73 Å². The Morgan fingerprint density at radius 3 is 1.84 bits per heavy atom. The molecule has 2 amide bonds. The Hall–Kier alpha value is -3.34. The number of nitrogens with one attached hydrogen (secondary N) is 1. The summed E-state index contributed by atoms with van der Waals surface area (Å²) in [5.74, 6) is -0.705. The molecule has 0 radical (unpaired) electrons. The van der Waals surface area contributed by atoms with Crippen molar-refractivity contribution in [3.63, 3.8) is 0 Å². The minimum atomic E-state index is -0.496. The number of aryl methyl sites for hydroxylation is 2. The van der Waals surface area contributed by atoms with E-state index in [-0.39, 0.29) is 5.91 Å². The van der Waals surface area contributed by atoms with E-state index in [0.717, 1.165) is 17.1 Å². The number of hydrogen-bond donors (Lipinski definition) is 2. The summed E-state index contributed by atoms with van der Waals surface area (Å²) >= 11 is 0. The molecule has 0 bridgehead atoms. The van der Waals surface area contributed by atoms with Gasteiger partial charge in [0.15, 0.2) is 0 Å². The van der Waals surface area contributed by atoms with Gasteiger partial charge in [-0.2, -0.15) is 0 Å². The topological polar surface area (TPSA) is 77.1 Å². The van der Waals surface area contributed by atoms with Gasteiger partial charge in [-0.1, -0.05) is 0 Å². The highest BCUT2D eigenvalue weighted by molar-refractivity contribution is 6.04. The van der Waals surface area contributed by atoms with Gasteiger partial charge < -0.3 is 15.6 Å². The molecule has 3 N–H and O–H groups in total. The maximum absolute atomic E-state index is 12.4. The number of benzene rings is 2. The summed E-state index contributed by atoms with van der Waals surface area (Å²) in [6.45, 7) is 4.09. The van der Waals surface area contributed by atoms with Crippen molar-refractivity contribution in [1.82, 2.24) is 4.57 Å². The van der Waals surface area contributed by atoms with Crippen LogP contribution in [-0.2, 0) is 0 Å². The number of aromatic nitrogens is 1. The van der Waals surface area contributed by atoms with Crippen molar-refractivity contribution in [1.29, 1.82) is 0 Å². The lowest BCUT2D eigenvalue weighted by atomic mass is 10.1. The molecule has 5 heteroatoms. The Labute approximate surface area is 146 Å². The first-order valence-electron chi connectivity index (χ1n) is 7.92. The second-order valence-corrected chi connectivity index (χ2v) is 5.89. The third kappa shape index (κ3) is 3.45. The fourth-order valence-corrected chi connectivity index (χ4v) is 2.76. The summed E-state index contributed by atoms with van der Waals surface area (Å²) in [7, 11) is 0. The zero-order valence-electron chi connectivity index (χ0n) is 14.1. The van der Waals surface area contributed by atoms with E-state index in [1.807, 2.05) is 26.0 Å². The minimum Gasteiger partial charge on any atom is -0.366 e. The van der Waals surface area contributed by atoms with Gasteiger partial charge in [0.1, 0.15) is 0 Å². The predicted octanol–water partition coefficient (Wildman–Crippen LogP) is 3.45. The van der Waals surface area contributed by atoms with Gasteiger partial charge in [-0.3, -0.25) is 9.59 Å². The van der Waals surface area contributed by atoms with Crippen LogP contribution >= 0.6 is 0 Å². The van der Waals surface area contributed by atoms with E-state index in [2.05, 4.69) is 22.0 Å². The van der Waals surface area contributed by atoms with Crippen LogP contribution in [0.5, 0.6) is 0 Å². The molecular formula is C20H19N3O2. The molecule has 25 heavy (non-hydrogen) atoms. The van der Waals surface area contributed by atoms with Crippen LogP contribution in [0.15, 0.2) is 60.7 Å². The second kappa shape index (κ2) is 6.65. The Balaban J connectivity index is 1.76. The van der Waals surface area contributed by atoms with Gasteiger partial charge in [-0.15, -0.1) is 0 Å². The fourth-order valence-electron chi connectivity index (χ4n) is 2.76. The number of rotatable bonds is 4. The highest BCUT2D eigenvalue weighted by Gasteiger charge is 2.09. The van der Waals surface area contributed by atoms with Gasteiger partial charge in [-0.05, 0) is 74.5 Å². The van der Waals surface area contributed by atoms with Crippen LogP contribution in [0.25, 0.3) is 5.69 Å². The highest BCUT2D eigenvalue weighted by atomic mass is 16.2. The van der Waals surface area contributed by atoms with Crippen LogP contribution in [0.4, 0.5) is 5.69 Å². The molecule has 3 rings (SSSR count). The zero-order chi connectivity index (χ0) is 18.0. The quantitative estimate of drug-likeness (QED) is 0.767. The molecule has 0 saturated heterocycles. The van der Waals surface area contributed by atoms with Crippen LogP contribution in [0.1, 0.15) is 32.1 Å². The Bertz CT molecular complexity index is 903. The summed E-state index contributed by atoms with van der Waals surface area (Å²) in [5, 5.41) is 2.80. The average Bonchev–Trinajstić information content (AvgIpc) is 2.94. The minimum absolute atomic E-state index is 0.209. The standard InChI is InChI=1S/C20H19N3O2/c1-13-3-4-14(2)23(13)18-11-7-16(8-12-18)20(25)22-17-9-5-15(6-10-17)19(21)24/h3-12H,1-2H3,(H2,21,24)(H,22,25). The Morgan fingerprint density at radius 2 is 1.32 bits per heavy atom. The molecule has 5 nitrogen and oxygen atoms in total. The number of amides is 2. The summed E-state index contributed by atoms with van der Waals surface area (Å²) in [5.41, 5.74) is 10.1. The molecule has 0 aliphatic rings. The normalized spacial score (nSPS) is 10.5. The predicted molar refractivity (Wildman–Crippen MR) is 98.2 cm³/mol. The van der Waals surface area contributed by atoms with Crippen LogP contribution in [-0.4, -0.2) is 16.4 Å². The van der Waals surface area contributed by atoms with Crippen molar-refractivity contribution < 1.29 is 9.59 Å². The smallest absolute Gasteiger partial charge is 0.255 e. The van der Waals surface area contributed by atoms with Crippen molar-refractivity contribution in [3.05, 3.63) is 83.2 Å². The number of nitrogens with two attached hydrogens (primary N) is 1. The van der Waals surface area contributed by atoms with E-state index in [1.165, 1.54) is 0 Å². The van der Waals surface area contributed by atoms with Crippen LogP contribution in [0, 0.1) is 13.8 Å². The van der Waals surface area contributed by atoms with Crippen molar-refractivity contribution in [2.75, 3.05) is 5.32 Å². The zero-order valence-corrected chi connectivity index (χ0v) is 14.1. The summed E-state index contributed by atoms with van der Waals surface area (Å²) in [6.07, 6.45) is 0. The van der Waals surface area contributed by atoms with Gasteiger partial charge in [0.2, 0.25) is 5.91 Å². The van der Waals surface area contributed by atoms with E-state index in [1.54, 1.807) is 36.4 Å². The molecule has 2 aromatic carbocycles. The van der Waals surface area contributed by atoms with Crippen molar-refractivity contribution >= 4 is 17.5 Å². The maximum Gasteiger partial charge on any atom is 0.255 e. The van der Waals surface area contributed by atoms with Crippen molar-refractivity contribution in [2.45, 2.75) is 13.8 Å². The molecule has 0 fully saturated rings. The van der Waals surface area contributed by atoms with Gasteiger partial charge in [0, 0.05) is 33.9 Å². The number of hydrogen-bond acceptors (Lipinski definition) is 2. The number of carbonyl (C=O) groups is 2. The Kier molecular flexibility index (Phi) is 4.39. The van der Waals surface area contributed by atoms with Crippen LogP contribution in [0.2, 0.25) is 0 Å². The summed E-state index contributed by atoms with van der Waals surface area (Å²) in [6, 6.07) is 18.0. The molecule has 1 heterocycles. The molecule has 0 saturated carbocycles. The first-order chi connectivity index (χ1) is 12.0. The number of primary amides is 1. The largest absolute Gasteiger partial charge is 0.366 e. The number of carbonyl (C=O) groups excluding carboxylic acids is 2. The first kappa shape index (κ1) is 16.5. The maximum atomic E-state index is 12.4. The van der Waals surface area contributed by atoms with Gasteiger partial charge in [-0.25, -0.2) is 0 Å².